The smallest absolute Gasteiger partial charge is 0.264 e. The summed E-state index contributed by atoms with van der Waals surface area (Å²) in [5.41, 5.74) is 1.73. The Balaban J connectivity index is 1.47. The van der Waals surface area contributed by atoms with Crippen LogP contribution in [0.5, 0.6) is 5.75 Å². The van der Waals surface area contributed by atoms with Gasteiger partial charge in [0.15, 0.2) is 5.17 Å². The van der Waals surface area contributed by atoms with E-state index >= 15 is 0 Å². The lowest BCUT2D eigenvalue weighted by molar-refractivity contribution is -0.115. The molecule has 2 fully saturated rings. The Morgan fingerprint density at radius 2 is 1.96 bits per heavy atom. The highest BCUT2D eigenvalue weighted by atomic mass is 32.2. The van der Waals surface area contributed by atoms with Gasteiger partial charge >= 0.3 is 0 Å². The van der Waals surface area contributed by atoms with E-state index in [1.807, 2.05) is 48.5 Å². The molecular formula is C22H23N3O2S. The number of carbonyl (C=O) groups excluding carboxylic acids is 1. The van der Waals surface area contributed by atoms with Crippen LogP contribution in [0.4, 0.5) is 0 Å². The normalized spacial score (nSPS) is 20.5. The molecule has 1 saturated carbocycles. The van der Waals surface area contributed by atoms with E-state index in [-0.39, 0.29) is 5.91 Å². The highest BCUT2D eigenvalue weighted by Crippen LogP contribution is 2.31. The zero-order valence-corrected chi connectivity index (χ0v) is 16.5. The van der Waals surface area contributed by atoms with Crippen molar-refractivity contribution in [3.63, 3.8) is 0 Å². The summed E-state index contributed by atoms with van der Waals surface area (Å²) in [6.45, 7) is 0.384. The number of thioether (sulfide) groups is 1. The Morgan fingerprint density at radius 3 is 2.79 bits per heavy atom. The molecule has 0 unspecified atom stereocenters. The number of para-hydroxylation sites is 1. The molecule has 28 heavy (non-hydrogen) atoms. The Morgan fingerprint density at radius 1 is 1.14 bits per heavy atom. The Bertz CT molecular complexity index is 890. The van der Waals surface area contributed by atoms with E-state index < -0.39 is 0 Å². The lowest BCUT2D eigenvalue weighted by Crippen LogP contribution is -2.22. The fourth-order valence-electron chi connectivity index (χ4n) is 3.37. The minimum Gasteiger partial charge on any atom is -0.487 e. The van der Waals surface area contributed by atoms with Crippen LogP contribution < -0.4 is 10.1 Å². The molecule has 6 heteroatoms. The van der Waals surface area contributed by atoms with Crippen LogP contribution in [0.25, 0.3) is 6.08 Å². The number of rotatable bonds is 5. The lowest BCUT2D eigenvalue weighted by atomic mass is 9.96. The number of hydrogen-bond acceptors (Lipinski definition) is 5. The molecular weight excluding hydrogens is 370 g/mol. The largest absolute Gasteiger partial charge is 0.487 e. The number of aromatic nitrogens is 1. The molecule has 1 N–H and O–H groups in total. The first-order valence-corrected chi connectivity index (χ1v) is 10.5. The monoisotopic (exact) mass is 393 g/mol. The van der Waals surface area contributed by atoms with E-state index in [0.717, 1.165) is 35.0 Å². The first-order chi connectivity index (χ1) is 13.8. The average molecular weight is 394 g/mol. The number of amidine groups is 1. The van der Waals surface area contributed by atoms with Crippen LogP contribution in [0.15, 0.2) is 58.6 Å². The van der Waals surface area contributed by atoms with Crippen LogP contribution in [-0.2, 0) is 11.4 Å². The average Bonchev–Trinajstić information content (AvgIpc) is 3.07. The number of pyridine rings is 1. The van der Waals surface area contributed by atoms with Gasteiger partial charge in [-0.25, -0.2) is 0 Å². The van der Waals surface area contributed by atoms with Crippen molar-refractivity contribution in [2.24, 2.45) is 4.99 Å². The minimum absolute atomic E-state index is 0.0981. The highest BCUT2D eigenvalue weighted by Gasteiger charge is 2.25. The van der Waals surface area contributed by atoms with E-state index in [0.29, 0.717) is 17.6 Å². The zero-order valence-electron chi connectivity index (χ0n) is 15.6. The number of hydrogen-bond donors (Lipinski definition) is 1. The molecule has 0 bridgehead atoms. The molecule has 144 valence electrons. The van der Waals surface area contributed by atoms with E-state index in [1.54, 1.807) is 6.20 Å². The second-order valence-corrected chi connectivity index (χ2v) is 7.97. The van der Waals surface area contributed by atoms with Crippen LogP contribution in [0, 0.1) is 0 Å². The third-order valence-corrected chi connectivity index (χ3v) is 5.76. The fourth-order valence-corrected chi connectivity index (χ4v) is 4.26. The van der Waals surface area contributed by atoms with Gasteiger partial charge in [0.1, 0.15) is 12.4 Å². The number of benzene rings is 1. The van der Waals surface area contributed by atoms with E-state index in [4.69, 9.17) is 9.73 Å². The molecule has 1 aromatic carbocycles. The maximum Gasteiger partial charge on any atom is 0.264 e. The standard InChI is InChI=1S/C22H23N3O2S/c26-21-20(28-22(25-21)24-17-9-2-1-3-10-17)14-16-8-4-5-12-19(16)27-15-18-11-6-7-13-23-18/h4-8,11-14,17H,1-3,9-10,15H2,(H,24,25,26)/b20-14-. The zero-order chi connectivity index (χ0) is 19.2. The molecule has 1 aromatic heterocycles. The summed E-state index contributed by atoms with van der Waals surface area (Å²) in [7, 11) is 0. The number of nitrogens with zero attached hydrogens (tertiary/aromatic N) is 2. The number of amides is 1. The fraction of sp³-hybridized carbons (Fsp3) is 0.318. The van der Waals surface area contributed by atoms with Gasteiger partial charge in [-0.3, -0.25) is 14.8 Å². The van der Waals surface area contributed by atoms with Crippen molar-refractivity contribution in [2.75, 3.05) is 0 Å². The molecule has 5 nitrogen and oxygen atoms in total. The van der Waals surface area contributed by atoms with Crippen molar-refractivity contribution < 1.29 is 9.53 Å². The second kappa shape index (κ2) is 9.06. The topological polar surface area (TPSA) is 63.6 Å². The van der Waals surface area contributed by atoms with Crippen molar-refractivity contribution in [1.29, 1.82) is 0 Å². The number of nitrogens with one attached hydrogen (secondary N) is 1. The first kappa shape index (κ1) is 18.7. The molecule has 4 rings (SSSR count). The third-order valence-electron chi connectivity index (χ3n) is 4.83. The summed E-state index contributed by atoms with van der Waals surface area (Å²) in [5, 5.41) is 3.62. The molecule has 2 heterocycles. The molecule has 2 aliphatic rings. The van der Waals surface area contributed by atoms with Gasteiger partial charge in [0, 0.05) is 11.8 Å². The van der Waals surface area contributed by atoms with E-state index in [2.05, 4.69) is 10.3 Å². The predicted octanol–water partition coefficient (Wildman–Crippen LogP) is 4.55. The van der Waals surface area contributed by atoms with Crippen LogP contribution in [-0.4, -0.2) is 22.1 Å². The van der Waals surface area contributed by atoms with Gasteiger partial charge < -0.3 is 10.1 Å². The third kappa shape index (κ3) is 4.81. The summed E-state index contributed by atoms with van der Waals surface area (Å²) in [5.74, 6) is 0.630. The van der Waals surface area contributed by atoms with Crippen LogP contribution in [0.1, 0.15) is 43.4 Å². The summed E-state index contributed by atoms with van der Waals surface area (Å²) >= 11 is 1.41. The Kier molecular flexibility index (Phi) is 6.07. The Labute approximate surface area is 169 Å². The van der Waals surface area contributed by atoms with Crippen molar-refractivity contribution >= 4 is 28.9 Å². The van der Waals surface area contributed by atoms with E-state index in [9.17, 15) is 4.79 Å². The number of carbonyl (C=O) groups is 1. The van der Waals surface area contributed by atoms with Crippen molar-refractivity contribution in [3.8, 4) is 5.75 Å². The SMILES string of the molecule is O=C1NC(=NC2CCCCC2)S/C1=C\c1ccccc1OCc1ccccn1. The van der Waals surface area contributed by atoms with Crippen molar-refractivity contribution in [1.82, 2.24) is 10.3 Å². The van der Waals surface area contributed by atoms with Gasteiger partial charge in [-0.2, -0.15) is 0 Å². The van der Waals surface area contributed by atoms with Crippen molar-refractivity contribution in [2.45, 2.75) is 44.8 Å². The molecule has 0 radical (unpaired) electrons. The van der Waals surface area contributed by atoms with Gasteiger partial charge in [0.2, 0.25) is 0 Å². The maximum atomic E-state index is 12.4. The number of ether oxygens (including phenoxy) is 1. The quantitative estimate of drug-likeness (QED) is 0.757. The predicted molar refractivity (Wildman–Crippen MR) is 113 cm³/mol. The lowest BCUT2D eigenvalue weighted by Gasteiger charge is -2.17. The van der Waals surface area contributed by atoms with Gasteiger partial charge in [-0.05, 0) is 48.9 Å². The summed E-state index contributed by atoms with van der Waals surface area (Å²) < 4.78 is 5.94. The first-order valence-electron chi connectivity index (χ1n) is 9.68. The van der Waals surface area contributed by atoms with Gasteiger partial charge in [-0.1, -0.05) is 43.5 Å². The van der Waals surface area contributed by atoms with Gasteiger partial charge in [0.25, 0.3) is 5.91 Å². The molecule has 0 spiro atoms. The molecule has 1 amide bonds. The van der Waals surface area contributed by atoms with Gasteiger partial charge in [0.05, 0.1) is 16.6 Å². The van der Waals surface area contributed by atoms with Crippen LogP contribution >= 0.6 is 11.8 Å². The van der Waals surface area contributed by atoms with Crippen LogP contribution in [0.2, 0.25) is 0 Å². The van der Waals surface area contributed by atoms with Crippen molar-refractivity contribution in [3.05, 3.63) is 64.8 Å². The highest BCUT2D eigenvalue weighted by molar-refractivity contribution is 8.18. The summed E-state index contributed by atoms with van der Waals surface area (Å²) in [6, 6.07) is 13.8. The molecule has 1 aliphatic carbocycles. The Hall–Kier alpha value is -2.60. The molecule has 1 aliphatic heterocycles. The summed E-state index contributed by atoms with van der Waals surface area (Å²) in [4.78, 5) is 22.1. The molecule has 0 atom stereocenters. The second-order valence-electron chi connectivity index (χ2n) is 6.94. The van der Waals surface area contributed by atoms with Crippen LogP contribution in [0.3, 0.4) is 0 Å². The molecule has 2 aromatic rings. The number of aliphatic imine (C=N–C) groups is 1. The van der Waals surface area contributed by atoms with E-state index in [1.165, 1.54) is 31.0 Å². The summed E-state index contributed by atoms with van der Waals surface area (Å²) in [6.07, 6.45) is 9.59. The maximum absolute atomic E-state index is 12.4. The minimum atomic E-state index is -0.0981. The molecule has 1 saturated heterocycles. The van der Waals surface area contributed by atoms with Gasteiger partial charge in [-0.15, -0.1) is 0 Å².